The molecule has 3 aromatic rings. The number of halogens is 5. The highest BCUT2D eigenvalue weighted by atomic mass is 35.5. The maximum Gasteiger partial charge on any atom is 0.391 e. The first kappa shape index (κ1) is 34.7. The summed E-state index contributed by atoms with van der Waals surface area (Å²) >= 11 is 13.4. The van der Waals surface area contributed by atoms with E-state index in [0.29, 0.717) is 69.8 Å². The molecule has 0 spiro atoms. The van der Waals surface area contributed by atoms with E-state index in [4.69, 9.17) is 28.2 Å². The summed E-state index contributed by atoms with van der Waals surface area (Å²) in [6.07, 6.45) is 1.24. The van der Waals surface area contributed by atoms with Gasteiger partial charge in [-0.3, -0.25) is 9.59 Å². The number of amides is 2. The molecule has 0 atom stereocenters. The molecule has 2 aliphatic heterocycles. The quantitative estimate of drug-likeness (QED) is 0.219. The Morgan fingerprint density at radius 2 is 1.58 bits per heavy atom. The summed E-state index contributed by atoms with van der Waals surface area (Å²) in [5.74, 6) is -1.11. The van der Waals surface area contributed by atoms with Crippen LogP contribution in [0, 0.1) is 17.3 Å². The van der Waals surface area contributed by atoms with Crippen LogP contribution in [0.5, 0.6) is 0 Å². The van der Waals surface area contributed by atoms with Gasteiger partial charge in [0.05, 0.1) is 43.9 Å². The molecule has 1 aromatic heterocycles. The van der Waals surface area contributed by atoms with Crippen LogP contribution in [0.4, 0.5) is 30.5 Å². The van der Waals surface area contributed by atoms with Crippen molar-refractivity contribution in [3.8, 4) is 0 Å². The first-order valence-electron chi connectivity index (χ1n) is 16.8. The molecule has 0 radical (unpaired) electrons. The predicted molar refractivity (Wildman–Crippen MR) is 184 cm³/mol. The van der Waals surface area contributed by atoms with Crippen molar-refractivity contribution in [1.29, 1.82) is 0 Å². The fourth-order valence-electron chi connectivity index (χ4n) is 7.47. The highest BCUT2D eigenvalue weighted by molar-refractivity contribution is 6.39. The minimum atomic E-state index is -4.16. The Morgan fingerprint density at radius 1 is 0.938 bits per heavy atom. The number of nitrogens with one attached hydrogen (secondary N) is 3. The average Bonchev–Trinajstić information content (AvgIpc) is 3.72. The molecule has 2 amide bonds. The summed E-state index contributed by atoms with van der Waals surface area (Å²) in [5.41, 5.74) is 3.39. The fourth-order valence-corrected chi connectivity index (χ4v) is 8.00. The van der Waals surface area contributed by atoms with Crippen LogP contribution in [-0.2, 0) is 18.4 Å². The monoisotopic (exact) mass is 706 g/mol. The van der Waals surface area contributed by atoms with Crippen LogP contribution in [0.3, 0.4) is 0 Å². The lowest BCUT2D eigenvalue weighted by molar-refractivity contribution is -0.183. The molecule has 2 aromatic carbocycles. The molecular formula is C35H43Cl2F3N6O2. The van der Waals surface area contributed by atoms with E-state index in [2.05, 4.69) is 20.9 Å². The number of alkyl halides is 3. The highest BCUT2D eigenvalue weighted by Crippen LogP contribution is 2.44. The number of nitrogens with zero attached hydrogens (tertiary/aromatic N) is 3. The second-order valence-corrected chi connectivity index (χ2v) is 15.4. The summed E-state index contributed by atoms with van der Waals surface area (Å²) in [6, 6.07) is 8.05. The highest BCUT2D eigenvalue weighted by Gasteiger charge is 2.42. The molecule has 2 saturated heterocycles. The third-order valence-corrected chi connectivity index (χ3v) is 11.1. The van der Waals surface area contributed by atoms with E-state index >= 15 is 0 Å². The molecule has 13 heteroatoms. The van der Waals surface area contributed by atoms with E-state index in [1.807, 2.05) is 44.5 Å². The molecule has 260 valence electrons. The van der Waals surface area contributed by atoms with Crippen molar-refractivity contribution < 1.29 is 22.8 Å². The topological polar surface area (TPSA) is 91.3 Å². The molecule has 3 N–H and O–H groups in total. The van der Waals surface area contributed by atoms with Gasteiger partial charge in [0.15, 0.2) is 0 Å². The van der Waals surface area contributed by atoms with Gasteiger partial charge in [-0.05, 0) is 81.0 Å². The SMILES string of the molecule is Cn1c(Nc2c(Cl)ccc(CNC(=O)C(C)(C)C)c2Cl)nc2cc(C(=O)NCC3CCC(C(F)(F)F)CC3)c(N3C4CCC3CC4)cc21. The van der Waals surface area contributed by atoms with Crippen LogP contribution >= 0.6 is 23.2 Å². The molecule has 1 aliphatic carbocycles. The number of carbonyl (C=O) groups excluding carboxylic acids is 2. The standard InChI is InChI=1S/C35H43Cl2F3N6O2/c1-34(2,3)32(48)42-18-20-7-14-25(36)30(29(20)37)44-33-43-26-15-24(31(47)41-17-19-5-8-21(9-6-19)35(38,39)40)27(16-28(26)45(33)4)46-22-10-11-23(46)13-12-22/h7,14-16,19,21-23H,5-6,8-13,17-18H2,1-4H3,(H,41,47)(H,42,48)(H,43,44). The number of benzene rings is 2. The number of anilines is 3. The molecular weight excluding hydrogens is 664 g/mol. The Labute approximate surface area is 289 Å². The smallest absolute Gasteiger partial charge is 0.365 e. The van der Waals surface area contributed by atoms with Crippen molar-refractivity contribution in [3.63, 3.8) is 0 Å². The Morgan fingerprint density at radius 3 is 2.19 bits per heavy atom. The minimum Gasteiger partial charge on any atom is -0.365 e. The first-order chi connectivity index (χ1) is 22.6. The number of aryl methyl sites for hydroxylation is 1. The summed E-state index contributed by atoms with van der Waals surface area (Å²) in [7, 11) is 1.88. The second kappa shape index (κ2) is 13.3. The van der Waals surface area contributed by atoms with Crippen LogP contribution < -0.4 is 20.9 Å². The summed E-state index contributed by atoms with van der Waals surface area (Å²) in [6.45, 7) is 6.09. The minimum absolute atomic E-state index is 0.0143. The Hall–Kier alpha value is -3.18. The molecule has 3 heterocycles. The van der Waals surface area contributed by atoms with E-state index in [9.17, 15) is 22.8 Å². The summed E-state index contributed by atoms with van der Waals surface area (Å²) in [5, 5.41) is 10.0. The largest absolute Gasteiger partial charge is 0.391 e. The van der Waals surface area contributed by atoms with Crippen molar-refractivity contribution in [2.75, 3.05) is 16.8 Å². The Kier molecular flexibility index (Phi) is 9.58. The molecule has 6 rings (SSSR count). The van der Waals surface area contributed by atoms with Gasteiger partial charge in [-0.1, -0.05) is 50.0 Å². The molecule has 3 aliphatic rings. The number of hydrogen-bond donors (Lipinski definition) is 3. The van der Waals surface area contributed by atoms with Gasteiger partial charge in [0.1, 0.15) is 0 Å². The zero-order chi connectivity index (χ0) is 34.5. The van der Waals surface area contributed by atoms with Gasteiger partial charge in [-0.25, -0.2) is 4.98 Å². The molecule has 2 bridgehead atoms. The van der Waals surface area contributed by atoms with E-state index < -0.39 is 17.5 Å². The van der Waals surface area contributed by atoms with Crippen molar-refractivity contribution in [2.24, 2.45) is 24.3 Å². The van der Waals surface area contributed by atoms with Crippen molar-refractivity contribution >= 4 is 63.4 Å². The van der Waals surface area contributed by atoms with Crippen molar-refractivity contribution in [2.45, 2.75) is 96.9 Å². The fraction of sp³-hybridized carbons (Fsp3) is 0.571. The molecule has 8 nitrogen and oxygen atoms in total. The number of imidazole rings is 1. The van der Waals surface area contributed by atoms with Gasteiger partial charge >= 0.3 is 6.18 Å². The maximum absolute atomic E-state index is 13.8. The van der Waals surface area contributed by atoms with E-state index in [-0.39, 0.29) is 37.1 Å². The van der Waals surface area contributed by atoms with Crippen LogP contribution in [0.25, 0.3) is 11.0 Å². The molecule has 0 unspecified atom stereocenters. The van der Waals surface area contributed by atoms with Gasteiger partial charge in [0.2, 0.25) is 11.9 Å². The maximum atomic E-state index is 13.8. The van der Waals surface area contributed by atoms with E-state index in [0.717, 1.165) is 36.9 Å². The van der Waals surface area contributed by atoms with Crippen LogP contribution in [0.2, 0.25) is 10.0 Å². The zero-order valence-corrected chi connectivity index (χ0v) is 29.2. The van der Waals surface area contributed by atoms with Gasteiger partial charge in [-0.15, -0.1) is 0 Å². The van der Waals surface area contributed by atoms with Gasteiger partial charge in [0, 0.05) is 37.6 Å². The number of carbonyl (C=O) groups is 2. The van der Waals surface area contributed by atoms with Crippen molar-refractivity contribution in [1.82, 2.24) is 20.2 Å². The van der Waals surface area contributed by atoms with Crippen molar-refractivity contribution in [3.05, 3.63) is 45.4 Å². The van der Waals surface area contributed by atoms with Crippen LogP contribution in [0.1, 0.15) is 88.1 Å². The van der Waals surface area contributed by atoms with Gasteiger partial charge in [-0.2, -0.15) is 13.2 Å². The number of hydrogen-bond acceptors (Lipinski definition) is 5. The summed E-state index contributed by atoms with van der Waals surface area (Å²) in [4.78, 5) is 33.5. The van der Waals surface area contributed by atoms with Crippen LogP contribution in [0.15, 0.2) is 24.3 Å². The van der Waals surface area contributed by atoms with E-state index in [1.54, 1.807) is 12.1 Å². The normalized spacial score (nSPS) is 22.7. The lowest BCUT2D eigenvalue weighted by Gasteiger charge is -2.30. The van der Waals surface area contributed by atoms with Crippen LogP contribution in [-0.4, -0.2) is 46.2 Å². The lowest BCUT2D eigenvalue weighted by atomic mass is 9.81. The third kappa shape index (κ3) is 6.95. The lowest BCUT2D eigenvalue weighted by Crippen LogP contribution is -2.35. The average molecular weight is 708 g/mol. The van der Waals surface area contributed by atoms with Gasteiger partial charge < -0.3 is 25.4 Å². The molecule has 48 heavy (non-hydrogen) atoms. The number of fused-ring (bicyclic) bond motifs is 3. The number of aromatic nitrogens is 2. The third-order valence-electron chi connectivity index (χ3n) is 10.4. The Bertz CT molecular complexity index is 1690. The summed E-state index contributed by atoms with van der Waals surface area (Å²) < 4.78 is 41.4. The Balaban J connectivity index is 1.26. The molecule has 1 saturated carbocycles. The predicted octanol–water partition coefficient (Wildman–Crippen LogP) is 8.52. The zero-order valence-electron chi connectivity index (χ0n) is 27.7. The first-order valence-corrected chi connectivity index (χ1v) is 17.5. The number of rotatable bonds is 8. The second-order valence-electron chi connectivity index (χ2n) is 14.6. The van der Waals surface area contributed by atoms with E-state index in [1.165, 1.54) is 0 Å². The van der Waals surface area contributed by atoms with Gasteiger partial charge in [0.25, 0.3) is 5.91 Å². The molecule has 3 fully saturated rings.